The Kier molecular flexibility index (Phi) is 3.61. The van der Waals surface area contributed by atoms with E-state index in [1.54, 1.807) is 12.1 Å². The van der Waals surface area contributed by atoms with Crippen molar-refractivity contribution in [1.82, 2.24) is 9.80 Å². The average molecular weight is 367 g/mol. The third kappa shape index (κ3) is 2.25. The van der Waals surface area contributed by atoms with Crippen molar-refractivity contribution in [3.63, 3.8) is 0 Å². The molecule has 1 aromatic carbocycles. The number of hydrogen-bond acceptors (Lipinski definition) is 5. The Labute approximate surface area is 134 Å². The predicted octanol–water partition coefficient (Wildman–Crippen LogP) is 1.65. The summed E-state index contributed by atoms with van der Waals surface area (Å²) in [4.78, 5) is 37.7. The number of halogens is 1. The van der Waals surface area contributed by atoms with Crippen LogP contribution in [0.1, 0.15) is 5.56 Å². The lowest BCUT2D eigenvalue weighted by molar-refractivity contribution is -0.143. The molecule has 2 aliphatic rings. The summed E-state index contributed by atoms with van der Waals surface area (Å²) in [6.45, 7) is 3.56. The molecule has 0 N–H and O–H groups in total. The average Bonchev–Trinajstić information content (AvgIpc) is 3.01. The van der Waals surface area contributed by atoms with Crippen LogP contribution in [0, 0.1) is 0 Å². The summed E-state index contributed by atoms with van der Waals surface area (Å²) < 4.78 is 11.2. The first kappa shape index (κ1) is 14.6. The fraction of sp³-hybridized carbons (Fsp3) is 0.214. The number of benzene rings is 1. The van der Waals surface area contributed by atoms with Crippen molar-refractivity contribution in [2.45, 2.75) is 6.54 Å². The highest BCUT2D eigenvalue weighted by Crippen LogP contribution is 2.37. The van der Waals surface area contributed by atoms with Crippen LogP contribution < -0.4 is 9.47 Å². The molecule has 1 aromatic rings. The topological polar surface area (TPSA) is 76.2 Å². The van der Waals surface area contributed by atoms with Crippen LogP contribution in [0.3, 0.4) is 0 Å². The first-order chi connectivity index (χ1) is 10.5. The molecule has 8 heteroatoms. The molecule has 0 bridgehead atoms. The molecule has 0 saturated carbocycles. The Morgan fingerprint density at radius 2 is 1.77 bits per heavy atom. The van der Waals surface area contributed by atoms with Crippen molar-refractivity contribution < 1.29 is 23.9 Å². The van der Waals surface area contributed by atoms with Crippen LogP contribution in [0.25, 0.3) is 0 Å². The van der Waals surface area contributed by atoms with E-state index in [1.807, 2.05) is 0 Å². The molecule has 22 heavy (non-hydrogen) atoms. The number of carbonyl (C=O) groups excluding carboxylic acids is 3. The Balaban J connectivity index is 1.87. The Hall–Kier alpha value is -2.35. The summed E-state index contributed by atoms with van der Waals surface area (Å²) in [7, 11) is 0. The van der Waals surface area contributed by atoms with E-state index in [9.17, 15) is 14.4 Å². The molecule has 0 unspecified atom stereocenters. The number of nitrogens with zero attached hydrogens (tertiary/aromatic N) is 2. The molecule has 2 aliphatic heterocycles. The second-order valence-electron chi connectivity index (χ2n) is 4.68. The van der Waals surface area contributed by atoms with Gasteiger partial charge in [-0.2, -0.15) is 0 Å². The van der Waals surface area contributed by atoms with E-state index in [1.165, 1.54) is 6.08 Å². The summed E-state index contributed by atoms with van der Waals surface area (Å²) in [6, 6.07) is 2.72. The minimum Gasteiger partial charge on any atom is -0.454 e. The largest absolute Gasteiger partial charge is 0.454 e. The smallest absolute Gasteiger partial charge is 0.334 e. The van der Waals surface area contributed by atoms with E-state index in [-0.39, 0.29) is 19.9 Å². The van der Waals surface area contributed by atoms with Gasteiger partial charge in [-0.15, -0.1) is 6.58 Å². The lowest BCUT2D eigenvalue weighted by Crippen LogP contribution is -2.33. The summed E-state index contributed by atoms with van der Waals surface area (Å²) in [5.41, 5.74) is 0.638. The first-order valence-electron chi connectivity index (χ1n) is 6.39. The van der Waals surface area contributed by atoms with Crippen LogP contribution in [0.5, 0.6) is 11.5 Å². The van der Waals surface area contributed by atoms with Crippen molar-refractivity contribution in [3.05, 3.63) is 34.8 Å². The molecule has 4 amide bonds. The molecule has 0 aliphatic carbocycles. The number of ether oxygens (including phenoxy) is 2. The van der Waals surface area contributed by atoms with Gasteiger partial charge in [-0.25, -0.2) is 4.79 Å². The fourth-order valence-electron chi connectivity index (χ4n) is 2.23. The Morgan fingerprint density at radius 3 is 2.45 bits per heavy atom. The third-order valence-corrected chi connectivity index (χ3v) is 4.06. The lowest BCUT2D eigenvalue weighted by atomic mass is 10.2. The minimum absolute atomic E-state index is 0.00220. The number of hydrogen-bond donors (Lipinski definition) is 0. The maximum atomic E-state index is 12.2. The highest BCUT2D eigenvalue weighted by Gasteiger charge is 2.43. The van der Waals surface area contributed by atoms with Gasteiger partial charge in [0.15, 0.2) is 11.5 Å². The number of urea groups is 1. The van der Waals surface area contributed by atoms with Gasteiger partial charge < -0.3 is 9.47 Å². The maximum absolute atomic E-state index is 12.2. The molecule has 114 valence electrons. The fourth-order valence-corrected chi connectivity index (χ4v) is 2.68. The highest BCUT2D eigenvalue weighted by atomic mass is 79.9. The summed E-state index contributed by atoms with van der Waals surface area (Å²) in [5, 5.41) is 0. The van der Waals surface area contributed by atoms with E-state index in [0.29, 0.717) is 21.5 Å². The SMILES string of the molecule is C=CCN1C(=O)C(=O)N(Cc2cc3c(cc2Br)OCO3)C1=O. The zero-order valence-electron chi connectivity index (χ0n) is 11.4. The first-order valence-corrected chi connectivity index (χ1v) is 7.18. The molecular weight excluding hydrogens is 356 g/mol. The molecule has 0 atom stereocenters. The Bertz CT molecular complexity index is 703. The van der Waals surface area contributed by atoms with E-state index in [4.69, 9.17) is 9.47 Å². The standard InChI is InChI=1S/C14H11BrN2O5/c1-2-3-16-12(18)13(19)17(14(16)20)6-8-4-10-11(5-9(8)15)22-7-21-10/h2,4-5H,1,3,6-7H2. The molecule has 0 spiro atoms. The van der Waals surface area contributed by atoms with Gasteiger partial charge in [-0.3, -0.25) is 19.4 Å². The Morgan fingerprint density at radius 1 is 1.14 bits per heavy atom. The zero-order chi connectivity index (χ0) is 15.9. The molecule has 1 fully saturated rings. The minimum atomic E-state index is -0.851. The van der Waals surface area contributed by atoms with Gasteiger partial charge in [-0.1, -0.05) is 22.0 Å². The second kappa shape index (κ2) is 5.45. The van der Waals surface area contributed by atoms with Crippen molar-refractivity contribution in [2.75, 3.05) is 13.3 Å². The molecule has 3 rings (SSSR count). The maximum Gasteiger partial charge on any atom is 0.334 e. The number of amides is 4. The van der Waals surface area contributed by atoms with Crippen LogP contribution in [-0.2, 0) is 16.1 Å². The third-order valence-electron chi connectivity index (χ3n) is 3.32. The van der Waals surface area contributed by atoms with E-state index in [2.05, 4.69) is 22.5 Å². The molecule has 7 nitrogen and oxygen atoms in total. The molecule has 1 saturated heterocycles. The van der Waals surface area contributed by atoms with Crippen molar-refractivity contribution in [2.24, 2.45) is 0 Å². The van der Waals surface area contributed by atoms with Crippen molar-refractivity contribution in [1.29, 1.82) is 0 Å². The van der Waals surface area contributed by atoms with E-state index >= 15 is 0 Å². The van der Waals surface area contributed by atoms with Crippen molar-refractivity contribution in [3.8, 4) is 11.5 Å². The second-order valence-corrected chi connectivity index (χ2v) is 5.53. The summed E-state index contributed by atoms with van der Waals surface area (Å²) >= 11 is 3.36. The summed E-state index contributed by atoms with van der Waals surface area (Å²) in [5.74, 6) is -0.580. The van der Waals surface area contributed by atoms with Gasteiger partial charge in [0.2, 0.25) is 6.79 Å². The van der Waals surface area contributed by atoms with Gasteiger partial charge in [-0.05, 0) is 17.7 Å². The van der Waals surface area contributed by atoms with Crippen LogP contribution in [0.4, 0.5) is 4.79 Å². The van der Waals surface area contributed by atoms with E-state index < -0.39 is 17.8 Å². The molecule has 2 heterocycles. The van der Waals surface area contributed by atoms with Crippen LogP contribution in [-0.4, -0.2) is 41.0 Å². The van der Waals surface area contributed by atoms with Gasteiger partial charge in [0.1, 0.15) is 0 Å². The van der Waals surface area contributed by atoms with Gasteiger partial charge in [0.25, 0.3) is 0 Å². The number of carbonyl (C=O) groups is 3. The lowest BCUT2D eigenvalue weighted by Gasteiger charge is -2.15. The highest BCUT2D eigenvalue weighted by molar-refractivity contribution is 9.10. The molecule has 0 radical (unpaired) electrons. The van der Waals surface area contributed by atoms with Gasteiger partial charge in [0.05, 0.1) is 6.54 Å². The number of rotatable bonds is 4. The van der Waals surface area contributed by atoms with Crippen LogP contribution in [0.2, 0.25) is 0 Å². The zero-order valence-corrected chi connectivity index (χ0v) is 13.0. The predicted molar refractivity (Wildman–Crippen MR) is 78.1 cm³/mol. The number of imide groups is 2. The van der Waals surface area contributed by atoms with Crippen molar-refractivity contribution >= 4 is 33.8 Å². The molecule has 0 aromatic heterocycles. The normalized spacial score (nSPS) is 16.7. The summed E-state index contributed by atoms with van der Waals surface area (Å²) in [6.07, 6.45) is 1.39. The monoisotopic (exact) mass is 366 g/mol. The van der Waals surface area contributed by atoms with Gasteiger partial charge >= 0.3 is 17.8 Å². The molecular formula is C14H11BrN2O5. The van der Waals surface area contributed by atoms with Crippen LogP contribution >= 0.6 is 15.9 Å². The van der Waals surface area contributed by atoms with Crippen LogP contribution in [0.15, 0.2) is 29.3 Å². The quantitative estimate of drug-likeness (QED) is 0.460. The van der Waals surface area contributed by atoms with Gasteiger partial charge in [0, 0.05) is 11.0 Å². The number of fused-ring (bicyclic) bond motifs is 1. The van der Waals surface area contributed by atoms with E-state index in [0.717, 1.165) is 9.80 Å².